The predicted octanol–water partition coefficient (Wildman–Crippen LogP) is 2.31. The molecule has 7 heteroatoms. The molecule has 2 atom stereocenters. The normalized spacial score (nSPS) is 20.1. The minimum Gasteiger partial charge on any atom is -0.366 e. The lowest BCUT2D eigenvalue weighted by atomic mass is 9.91. The van der Waals surface area contributed by atoms with E-state index in [1.165, 1.54) is 6.42 Å². The largest absolute Gasteiger partial charge is 0.366 e. The molecule has 1 fully saturated rings. The van der Waals surface area contributed by atoms with Crippen LogP contribution in [0, 0.1) is 6.92 Å². The first-order valence-electron chi connectivity index (χ1n) is 8.54. The van der Waals surface area contributed by atoms with Crippen molar-refractivity contribution in [2.45, 2.75) is 44.7 Å². The molecule has 6 N–H and O–H groups in total. The first kappa shape index (κ1) is 17.2. The van der Waals surface area contributed by atoms with Gasteiger partial charge in [-0.3, -0.25) is 9.78 Å². The number of aryl methyl sites for hydroxylation is 1. The van der Waals surface area contributed by atoms with Gasteiger partial charge in [-0.25, -0.2) is 4.98 Å². The van der Waals surface area contributed by atoms with Gasteiger partial charge in [0.15, 0.2) is 0 Å². The molecule has 0 aromatic carbocycles. The molecule has 0 saturated heterocycles. The second kappa shape index (κ2) is 7.48. The summed E-state index contributed by atoms with van der Waals surface area (Å²) >= 11 is 0. The SMILES string of the molecule is Cc1cncc(Nc2nc(N[C@@H]3CCCC[C@@H]3N)ccc2C(N)=O)c1. The van der Waals surface area contributed by atoms with Gasteiger partial charge in [0, 0.05) is 18.3 Å². The van der Waals surface area contributed by atoms with E-state index in [1.807, 2.05) is 13.0 Å². The van der Waals surface area contributed by atoms with Crippen LogP contribution in [0.2, 0.25) is 0 Å². The van der Waals surface area contributed by atoms with E-state index in [1.54, 1.807) is 24.5 Å². The Morgan fingerprint density at radius 3 is 2.76 bits per heavy atom. The number of hydrogen-bond acceptors (Lipinski definition) is 6. The van der Waals surface area contributed by atoms with E-state index in [-0.39, 0.29) is 12.1 Å². The molecule has 1 aliphatic rings. The lowest BCUT2D eigenvalue weighted by Crippen LogP contribution is -2.42. The summed E-state index contributed by atoms with van der Waals surface area (Å²) in [5.74, 6) is 0.557. The Balaban J connectivity index is 1.85. The summed E-state index contributed by atoms with van der Waals surface area (Å²) in [6, 6.07) is 5.67. The van der Waals surface area contributed by atoms with Crippen LogP contribution in [-0.4, -0.2) is 28.0 Å². The number of carbonyl (C=O) groups excluding carboxylic acids is 1. The van der Waals surface area contributed by atoms with E-state index in [0.29, 0.717) is 17.2 Å². The number of nitrogens with two attached hydrogens (primary N) is 2. The van der Waals surface area contributed by atoms with Gasteiger partial charge < -0.3 is 22.1 Å². The van der Waals surface area contributed by atoms with E-state index < -0.39 is 5.91 Å². The van der Waals surface area contributed by atoms with Gasteiger partial charge in [0.2, 0.25) is 0 Å². The van der Waals surface area contributed by atoms with Crippen LogP contribution in [0.25, 0.3) is 0 Å². The average molecular weight is 340 g/mol. The highest BCUT2D eigenvalue weighted by atomic mass is 16.1. The highest BCUT2D eigenvalue weighted by Crippen LogP contribution is 2.24. The number of nitrogens with one attached hydrogen (secondary N) is 2. The molecule has 1 aliphatic carbocycles. The zero-order valence-corrected chi connectivity index (χ0v) is 14.3. The van der Waals surface area contributed by atoms with E-state index in [2.05, 4.69) is 20.6 Å². The minimum absolute atomic E-state index is 0.115. The number of aromatic nitrogens is 2. The molecular formula is C18H24N6O. The number of amides is 1. The van der Waals surface area contributed by atoms with Crippen LogP contribution in [0.4, 0.5) is 17.3 Å². The topological polar surface area (TPSA) is 119 Å². The Labute approximate surface area is 147 Å². The van der Waals surface area contributed by atoms with Crippen molar-refractivity contribution in [1.82, 2.24) is 9.97 Å². The Morgan fingerprint density at radius 2 is 2.04 bits per heavy atom. The van der Waals surface area contributed by atoms with Gasteiger partial charge in [0.25, 0.3) is 5.91 Å². The van der Waals surface area contributed by atoms with Crippen molar-refractivity contribution >= 4 is 23.2 Å². The molecule has 132 valence electrons. The Kier molecular flexibility index (Phi) is 5.14. The van der Waals surface area contributed by atoms with Gasteiger partial charge in [-0.2, -0.15) is 0 Å². The summed E-state index contributed by atoms with van der Waals surface area (Å²) in [5.41, 5.74) is 13.8. The second-order valence-electron chi connectivity index (χ2n) is 6.53. The van der Waals surface area contributed by atoms with Gasteiger partial charge in [-0.05, 0) is 43.5 Å². The summed E-state index contributed by atoms with van der Waals surface area (Å²) in [6.07, 6.45) is 7.79. The number of anilines is 3. The Hall–Kier alpha value is -2.67. The minimum atomic E-state index is -0.531. The smallest absolute Gasteiger partial charge is 0.252 e. The van der Waals surface area contributed by atoms with Crippen molar-refractivity contribution < 1.29 is 4.79 Å². The van der Waals surface area contributed by atoms with Gasteiger partial charge in [-0.15, -0.1) is 0 Å². The fourth-order valence-corrected chi connectivity index (χ4v) is 3.12. The fourth-order valence-electron chi connectivity index (χ4n) is 3.12. The molecule has 2 aromatic heterocycles. The Bertz CT molecular complexity index is 763. The number of nitrogens with zero attached hydrogens (tertiary/aromatic N) is 2. The molecule has 0 unspecified atom stereocenters. The lowest BCUT2D eigenvalue weighted by molar-refractivity contribution is 0.100. The molecule has 0 spiro atoms. The summed E-state index contributed by atoms with van der Waals surface area (Å²) in [7, 11) is 0. The standard InChI is InChI=1S/C18H24N6O/c1-11-8-12(10-21-9-11)22-18-13(17(20)25)6-7-16(24-18)23-15-5-3-2-4-14(15)19/h6-10,14-15H,2-5,19H2,1H3,(H2,20,25)(H2,22,23,24)/t14-,15+/m0/s1. The van der Waals surface area contributed by atoms with Gasteiger partial charge in [-0.1, -0.05) is 12.8 Å². The quantitative estimate of drug-likeness (QED) is 0.663. The molecule has 25 heavy (non-hydrogen) atoms. The van der Waals surface area contributed by atoms with Crippen molar-refractivity contribution in [2.75, 3.05) is 10.6 Å². The first-order valence-corrected chi connectivity index (χ1v) is 8.54. The van der Waals surface area contributed by atoms with Crippen LogP contribution in [0.1, 0.15) is 41.6 Å². The van der Waals surface area contributed by atoms with Gasteiger partial charge in [0.1, 0.15) is 11.6 Å². The van der Waals surface area contributed by atoms with Gasteiger partial charge in [0.05, 0.1) is 17.4 Å². The summed E-state index contributed by atoms with van der Waals surface area (Å²) in [5, 5.41) is 6.53. The molecule has 0 bridgehead atoms. The second-order valence-corrected chi connectivity index (χ2v) is 6.53. The molecule has 2 aromatic rings. The third-order valence-electron chi connectivity index (χ3n) is 4.45. The van der Waals surface area contributed by atoms with Crippen molar-refractivity contribution in [3.05, 3.63) is 41.7 Å². The monoisotopic (exact) mass is 340 g/mol. The highest BCUT2D eigenvalue weighted by molar-refractivity contribution is 5.98. The van der Waals surface area contributed by atoms with Crippen LogP contribution in [-0.2, 0) is 0 Å². The average Bonchev–Trinajstić information content (AvgIpc) is 2.57. The zero-order valence-electron chi connectivity index (χ0n) is 14.3. The van der Waals surface area contributed by atoms with Gasteiger partial charge >= 0.3 is 0 Å². The maximum atomic E-state index is 11.7. The summed E-state index contributed by atoms with van der Waals surface area (Å²) < 4.78 is 0. The van der Waals surface area contributed by atoms with E-state index in [9.17, 15) is 4.79 Å². The first-order chi connectivity index (χ1) is 12.0. The molecule has 1 amide bonds. The molecular weight excluding hydrogens is 316 g/mol. The third-order valence-corrected chi connectivity index (χ3v) is 4.45. The predicted molar refractivity (Wildman–Crippen MR) is 98.9 cm³/mol. The number of pyridine rings is 2. The molecule has 7 nitrogen and oxygen atoms in total. The van der Waals surface area contributed by atoms with Crippen molar-refractivity contribution in [3.8, 4) is 0 Å². The van der Waals surface area contributed by atoms with Crippen molar-refractivity contribution in [1.29, 1.82) is 0 Å². The maximum Gasteiger partial charge on any atom is 0.252 e. The van der Waals surface area contributed by atoms with Crippen molar-refractivity contribution in [3.63, 3.8) is 0 Å². The van der Waals surface area contributed by atoms with Crippen LogP contribution < -0.4 is 22.1 Å². The molecule has 0 aliphatic heterocycles. The number of hydrogen-bond donors (Lipinski definition) is 4. The van der Waals surface area contributed by atoms with E-state index >= 15 is 0 Å². The highest BCUT2D eigenvalue weighted by Gasteiger charge is 2.22. The summed E-state index contributed by atoms with van der Waals surface area (Å²) in [4.78, 5) is 20.4. The van der Waals surface area contributed by atoms with Crippen LogP contribution >= 0.6 is 0 Å². The summed E-state index contributed by atoms with van der Waals surface area (Å²) in [6.45, 7) is 1.95. The number of carbonyl (C=O) groups is 1. The molecule has 2 heterocycles. The number of rotatable bonds is 5. The van der Waals surface area contributed by atoms with Crippen molar-refractivity contribution in [2.24, 2.45) is 11.5 Å². The number of primary amides is 1. The fraction of sp³-hybridized carbons (Fsp3) is 0.389. The van der Waals surface area contributed by atoms with E-state index in [0.717, 1.165) is 30.5 Å². The molecule has 1 saturated carbocycles. The van der Waals surface area contributed by atoms with Crippen LogP contribution in [0.15, 0.2) is 30.6 Å². The maximum absolute atomic E-state index is 11.7. The zero-order chi connectivity index (χ0) is 17.8. The molecule has 0 radical (unpaired) electrons. The third kappa shape index (κ3) is 4.24. The Morgan fingerprint density at radius 1 is 1.24 bits per heavy atom. The molecule has 3 rings (SSSR count). The van der Waals surface area contributed by atoms with Crippen LogP contribution in [0.3, 0.4) is 0 Å². The van der Waals surface area contributed by atoms with Crippen LogP contribution in [0.5, 0.6) is 0 Å². The van der Waals surface area contributed by atoms with E-state index in [4.69, 9.17) is 11.5 Å². The lowest BCUT2D eigenvalue weighted by Gasteiger charge is -2.29.